The van der Waals surface area contributed by atoms with Crippen LogP contribution < -0.4 is 20.5 Å². The van der Waals surface area contributed by atoms with Gasteiger partial charge in [0.2, 0.25) is 5.72 Å². The van der Waals surface area contributed by atoms with E-state index < -0.39 is 29.4 Å². The molecule has 1 aliphatic heterocycles. The molecule has 1 aliphatic carbocycles. The molecule has 2 atom stereocenters. The Morgan fingerprint density at radius 2 is 1.95 bits per heavy atom. The van der Waals surface area contributed by atoms with E-state index in [-0.39, 0.29) is 17.0 Å². The second-order valence-corrected chi connectivity index (χ2v) is 9.47. The predicted molar refractivity (Wildman–Crippen MR) is 117 cm³/mol. The molecule has 1 aromatic carbocycles. The third-order valence-corrected chi connectivity index (χ3v) is 6.14. The molecule has 5 rings (SSSR count). The lowest BCUT2D eigenvalue weighted by Gasteiger charge is -2.32. The number of carbonyl (C=O) groups excluding carboxylic acids is 1. The molecule has 2 aromatic heterocycles. The fourth-order valence-electron chi connectivity index (χ4n) is 4.65. The zero-order valence-electron chi connectivity index (χ0n) is 19.8. The van der Waals surface area contributed by atoms with E-state index >= 15 is 0 Å². The number of fused-ring (bicyclic) bond motifs is 2. The van der Waals surface area contributed by atoms with Gasteiger partial charge in [-0.2, -0.15) is 18.3 Å². The number of carboxylic acids is 2. The minimum Gasteiger partial charge on any atom is -0.542 e. The van der Waals surface area contributed by atoms with Crippen LogP contribution in [0.15, 0.2) is 36.7 Å². The van der Waals surface area contributed by atoms with Gasteiger partial charge in [-0.3, -0.25) is 0 Å². The standard InChI is InChI=1S/C21H22FN5O3.C2HF3O2/c1-20(2,23)30-16-4-3-13(22)9-15(16)21-10-12(21)5-7-26(21)17-6-8-27-18(25-17)14(11-24-27)19(28)29;3-2(4,5)1(6)7/h3-4,6,8-9,11-12H,5,7,10,23H2,1-2H3,(H,28,29);(H,6,7). The van der Waals surface area contributed by atoms with Crippen LogP contribution in [0.1, 0.15) is 42.6 Å². The Kier molecular flexibility index (Phi) is 6.26. The summed E-state index contributed by atoms with van der Waals surface area (Å²) in [7, 11) is 0. The van der Waals surface area contributed by atoms with E-state index in [1.54, 1.807) is 18.3 Å². The number of carbonyl (C=O) groups is 2. The Morgan fingerprint density at radius 1 is 1.27 bits per heavy atom. The van der Waals surface area contributed by atoms with Crippen LogP contribution in [-0.4, -0.2) is 50.1 Å². The molecule has 1 saturated heterocycles. The number of quaternary nitrogens is 1. The summed E-state index contributed by atoms with van der Waals surface area (Å²) in [6, 6.07) is 6.42. The summed E-state index contributed by atoms with van der Waals surface area (Å²) in [4.78, 5) is 27.1. The summed E-state index contributed by atoms with van der Waals surface area (Å²) in [6.07, 6.45) is -0.386. The monoisotopic (exact) mass is 525 g/mol. The molecule has 2 fully saturated rings. The minimum absolute atomic E-state index is 0.0472. The zero-order valence-corrected chi connectivity index (χ0v) is 19.8. The van der Waals surface area contributed by atoms with Crippen molar-refractivity contribution in [2.75, 3.05) is 11.4 Å². The summed E-state index contributed by atoms with van der Waals surface area (Å²) in [5.74, 6) is -2.78. The number of carboxylic acid groups (broad SMARTS) is 2. The summed E-state index contributed by atoms with van der Waals surface area (Å²) in [5, 5.41) is 22.3. The van der Waals surface area contributed by atoms with Crippen molar-refractivity contribution in [1.82, 2.24) is 14.6 Å². The number of ether oxygens (including phenoxy) is 1. The minimum atomic E-state index is -5.19. The van der Waals surface area contributed by atoms with Gasteiger partial charge in [0.05, 0.1) is 11.7 Å². The van der Waals surface area contributed by atoms with Crippen molar-refractivity contribution in [2.45, 2.75) is 44.1 Å². The van der Waals surface area contributed by atoms with Crippen LogP contribution >= 0.6 is 0 Å². The van der Waals surface area contributed by atoms with Gasteiger partial charge in [0.25, 0.3) is 0 Å². The number of alkyl halides is 3. The highest BCUT2D eigenvalue weighted by Gasteiger charge is 2.64. The van der Waals surface area contributed by atoms with Gasteiger partial charge in [0, 0.05) is 32.2 Å². The summed E-state index contributed by atoms with van der Waals surface area (Å²) >= 11 is 0. The summed E-state index contributed by atoms with van der Waals surface area (Å²) in [5.41, 5.74) is 4.05. The maximum atomic E-state index is 14.3. The maximum Gasteiger partial charge on any atom is 0.430 e. The van der Waals surface area contributed by atoms with Crippen LogP contribution in [0.5, 0.6) is 5.75 Å². The van der Waals surface area contributed by atoms with Crippen LogP contribution in [0, 0.1) is 11.7 Å². The van der Waals surface area contributed by atoms with E-state index in [9.17, 15) is 27.5 Å². The van der Waals surface area contributed by atoms with E-state index in [2.05, 4.69) is 20.7 Å². The number of aromatic nitrogens is 3. The molecular formula is C23H23F4N5O5. The highest BCUT2D eigenvalue weighted by Crippen LogP contribution is 2.65. The molecule has 2 unspecified atom stereocenters. The van der Waals surface area contributed by atoms with E-state index in [0.717, 1.165) is 24.9 Å². The van der Waals surface area contributed by atoms with E-state index in [4.69, 9.17) is 14.6 Å². The summed E-state index contributed by atoms with van der Waals surface area (Å²) < 4.78 is 53.3. The van der Waals surface area contributed by atoms with Gasteiger partial charge < -0.3 is 30.4 Å². The van der Waals surface area contributed by atoms with Gasteiger partial charge in [-0.15, -0.1) is 0 Å². The molecule has 3 heterocycles. The van der Waals surface area contributed by atoms with Crippen molar-refractivity contribution >= 4 is 23.4 Å². The van der Waals surface area contributed by atoms with Crippen molar-refractivity contribution in [1.29, 1.82) is 0 Å². The smallest absolute Gasteiger partial charge is 0.430 e. The van der Waals surface area contributed by atoms with Gasteiger partial charge in [-0.25, -0.2) is 18.7 Å². The molecule has 0 radical (unpaired) electrons. The van der Waals surface area contributed by atoms with Crippen molar-refractivity contribution in [3.63, 3.8) is 0 Å². The normalized spacial score (nSPS) is 20.7. The first kappa shape index (κ1) is 26.1. The number of piperidine rings is 1. The number of aliphatic carboxylic acids is 1. The largest absolute Gasteiger partial charge is 0.542 e. The highest BCUT2D eigenvalue weighted by molar-refractivity contribution is 5.94. The van der Waals surface area contributed by atoms with Crippen LogP contribution in [0.2, 0.25) is 0 Å². The van der Waals surface area contributed by atoms with Crippen LogP contribution in [0.3, 0.4) is 0 Å². The average molecular weight is 525 g/mol. The fourth-order valence-corrected chi connectivity index (χ4v) is 4.65. The molecule has 10 nitrogen and oxygen atoms in total. The van der Waals surface area contributed by atoms with E-state index in [1.807, 2.05) is 19.9 Å². The van der Waals surface area contributed by atoms with Crippen LogP contribution in [-0.2, 0) is 10.3 Å². The average Bonchev–Trinajstić information content (AvgIpc) is 3.16. The number of benzene rings is 1. The Labute approximate surface area is 207 Å². The first-order valence-corrected chi connectivity index (χ1v) is 11.1. The molecule has 2 aliphatic rings. The Bertz CT molecular complexity index is 1370. The van der Waals surface area contributed by atoms with E-state index in [0.29, 0.717) is 17.5 Å². The predicted octanol–water partition coefficient (Wildman–Crippen LogP) is 1.35. The molecule has 0 spiro atoms. The summed E-state index contributed by atoms with van der Waals surface area (Å²) in [6.45, 7) is 4.46. The quantitative estimate of drug-likeness (QED) is 0.375. The molecule has 1 saturated carbocycles. The number of aromatic carboxylic acids is 1. The second-order valence-electron chi connectivity index (χ2n) is 9.47. The number of hydrogen-bond acceptors (Lipinski definition) is 7. The maximum absolute atomic E-state index is 14.3. The highest BCUT2D eigenvalue weighted by atomic mass is 19.4. The number of halogens is 4. The topological polar surface area (TPSA) is 148 Å². The van der Waals surface area contributed by atoms with E-state index in [1.165, 1.54) is 16.8 Å². The lowest BCUT2D eigenvalue weighted by Crippen LogP contribution is -2.72. The van der Waals surface area contributed by atoms with Gasteiger partial charge >= 0.3 is 12.1 Å². The molecule has 0 amide bonds. The Hall–Kier alpha value is -3.94. The third-order valence-electron chi connectivity index (χ3n) is 6.14. The van der Waals surface area contributed by atoms with Crippen LogP contribution in [0.25, 0.3) is 5.65 Å². The molecule has 14 heteroatoms. The number of rotatable bonds is 5. The number of nitrogens with zero attached hydrogens (tertiary/aromatic N) is 4. The third kappa shape index (κ3) is 5.01. The van der Waals surface area contributed by atoms with Gasteiger partial charge in [0.15, 0.2) is 5.65 Å². The van der Waals surface area contributed by atoms with Gasteiger partial charge in [-0.1, -0.05) is 0 Å². The molecular weight excluding hydrogens is 502 g/mol. The molecule has 4 N–H and O–H groups in total. The fraction of sp³-hybridized carbons (Fsp3) is 0.391. The Balaban J connectivity index is 0.000000405. The zero-order chi connectivity index (χ0) is 27.3. The second kappa shape index (κ2) is 8.87. The van der Waals surface area contributed by atoms with Gasteiger partial charge in [-0.05, 0) is 43.0 Å². The molecule has 37 heavy (non-hydrogen) atoms. The molecule has 0 bridgehead atoms. The molecule has 3 aromatic rings. The van der Waals surface area contributed by atoms with Crippen molar-refractivity contribution in [3.8, 4) is 5.75 Å². The first-order chi connectivity index (χ1) is 17.1. The Morgan fingerprint density at radius 3 is 2.51 bits per heavy atom. The van der Waals surface area contributed by atoms with Gasteiger partial charge in [0.1, 0.15) is 28.9 Å². The van der Waals surface area contributed by atoms with Crippen molar-refractivity contribution in [3.05, 3.63) is 53.6 Å². The molecule has 198 valence electrons. The van der Waals surface area contributed by atoms with Crippen LogP contribution in [0.4, 0.5) is 23.4 Å². The van der Waals surface area contributed by atoms with Crippen molar-refractivity contribution < 1.29 is 47.8 Å². The SMILES string of the molecule is CC(C)([NH3+])Oc1ccc(F)cc1C12CC1CCN2c1ccn2ncc(C(=O)O)c2n1.O=C([O-])C(F)(F)F. The van der Waals surface area contributed by atoms with Crippen molar-refractivity contribution in [2.24, 2.45) is 5.92 Å². The lowest BCUT2D eigenvalue weighted by molar-refractivity contribution is -0.523. The lowest BCUT2D eigenvalue weighted by atomic mass is 10.0. The first-order valence-electron chi connectivity index (χ1n) is 11.1. The number of hydrogen-bond donors (Lipinski definition) is 2. The number of anilines is 1.